The first-order chi connectivity index (χ1) is 9.79. The highest BCUT2D eigenvalue weighted by Gasteiger charge is 2.19. The van der Waals surface area contributed by atoms with Gasteiger partial charge in [-0.1, -0.05) is 11.6 Å². The summed E-state index contributed by atoms with van der Waals surface area (Å²) in [6, 6.07) is 0. The SMILES string of the molecule is O=CN1CCN(C(=O)CNCCC2=CCCCC2)CC1. The monoisotopic (exact) mass is 279 g/mol. The van der Waals surface area contributed by atoms with Crippen LogP contribution in [0.2, 0.25) is 0 Å². The van der Waals surface area contributed by atoms with E-state index in [1.807, 2.05) is 4.90 Å². The summed E-state index contributed by atoms with van der Waals surface area (Å²) in [5.74, 6) is 0.146. The van der Waals surface area contributed by atoms with Crippen LogP contribution in [-0.4, -0.2) is 61.4 Å². The molecule has 0 aromatic carbocycles. The van der Waals surface area contributed by atoms with Crippen molar-refractivity contribution in [1.29, 1.82) is 0 Å². The van der Waals surface area contributed by atoms with Gasteiger partial charge in [-0.25, -0.2) is 0 Å². The molecule has 0 bridgehead atoms. The number of hydrogen-bond acceptors (Lipinski definition) is 3. The summed E-state index contributed by atoms with van der Waals surface area (Å²) >= 11 is 0. The van der Waals surface area contributed by atoms with Crippen molar-refractivity contribution in [3.63, 3.8) is 0 Å². The Morgan fingerprint density at radius 3 is 2.70 bits per heavy atom. The lowest BCUT2D eigenvalue weighted by atomic mass is 9.97. The highest BCUT2D eigenvalue weighted by Crippen LogP contribution is 2.19. The number of rotatable bonds is 6. The van der Waals surface area contributed by atoms with Crippen molar-refractivity contribution in [1.82, 2.24) is 15.1 Å². The van der Waals surface area contributed by atoms with E-state index in [1.165, 1.54) is 31.3 Å². The normalized spacial score (nSPS) is 19.7. The molecule has 2 amide bonds. The Kier molecular flexibility index (Phi) is 6.05. The first-order valence-electron chi connectivity index (χ1n) is 7.65. The van der Waals surface area contributed by atoms with Gasteiger partial charge in [0.1, 0.15) is 0 Å². The van der Waals surface area contributed by atoms with E-state index in [9.17, 15) is 9.59 Å². The number of hydrogen-bond donors (Lipinski definition) is 1. The second kappa shape index (κ2) is 8.04. The summed E-state index contributed by atoms with van der Waals surface area (Å²) in [5, 5.41) is 3.24. The molecule has 2 rings (SSSR count). The molecule has 1 saturated heterocycles. The molecule has 0 aromatic rings. The predicted molar refractivity (Wildman–Crippen MR) is 78.3 cm³/mol. The molecular weight excluding hydrogens is 254 g/mol. The van der Waals surface area contributed by atoms with Crippen molar-refractivity contribution < 1.29 is 9.59 Å². The Morgan fingerprint density at radius 1 is 1.25 bits per heavy atom. The van der Waals surface area contributed by atoms with E-state index in [-0.39, 0.29) is 5.91 Å². The van der Waals surface area contributed by atoms with Crippen LogP contribution in [0, 0.1) is 0 Å². The van der Waals surface area contributed by atoms with Gasteiger partial charge < -0.3 is 15.1 Å². The highest BCUT2D eigenvalue weighted by atomic mass is 16.2. The fourth-order valence-electron chi connectivity index (χ4n) is 2.76. The zero-order chi connectivity index (χ0) is 14.2. The van der Waals surface area contributed by atoms with Gasteiger partial charge in [-0.15, -0.1) is 0 Å². The van der Waals surface area contributed by atoms with Gasteiger partial charge in [-0.05, 0) is 38.6 Å². The molecule has 112 valence electrons. The standard InChI is InChI=1S/C15H25N3O2/c19-13-17-8-10-18(11-9-17)15(20)12-16-7-6-14-4-2-1-3-5-14/h4,13,16H,1-3,5-12H2. The summed E-state index contributed by atoms with van der Waals surface area (Å²) in [6.07, 6.45) is 9.35. The zero-order valence-electron chi connectivity index (χ0n) is 12.1. The molecule has 0 unspecified atom stereocenters. The minimum Gasteiger partial charge on any atom is -0.342 e. The maximum atomic E-state index is 12.0. The Hall–Kier alpha value is -1.36. The maximum absolute atomic E-state index is 12.0. The minimum atomic E-state index is 0.146. The Bertz CT molecular complexity index is 360. The zero-order valence-corrected chi connectivity index (χ0v) is 12.1. The number of carbonyl (C=O) groups excluding carboxylic acids is 2. The first kappa shape index (κ1) is 15.0. The average Bonchev–Trinajstić information content (AvgIpc) is 2.52. The van der Waals surface area contributed by atoms with Crippen LogP contribution in [0.5, 0.6) is 0 Å². The van der Waals surface area contributed by atoms with Gasteiger partial charge in [0.05, 0.1) is 6.54 Å². The van der Waals surface area contributed by atoms with Gasteiger partial charge in [0, 0.05) is 26.2 Å². The minimum absolute atomic E-state index is 0.146. The molecule has 1 heterocycles. The summed E-state index contributed by atoms with van der Waals surface area (Å²) in [6.45, 7) is 3.92. The van der Waals surface area contributed by atoms with E-state index in [2.05, 4.69) is 11.4 Å². The van der Waals surface area contributed by atoms with Crippen LogP contribution in [0.25, 0.3) is 0 Å². The molecule has 5 heteroatoms. The van der Waals surface area contributed by atoms with Gasteiger partial charge in [0.25, 0.3) is 0 Å². The van der Waals surface area contributed by atoms with Crippen LogP contribution >= 0.6 is 0 Å². The van der Waals surface area contributed by atoms with E-state index in [1.54, 1.807) is 4.90 Å². The van der Waals surface area contributed by atoms with Gasteiger partial charge in [-0.3, -0.25) is 9.59 Å². The van der Waals surface area contributed by atoms with Crippen LogP contribution < -0.4 is 5.32 Å². The predicted octanol–water partition coefficient (Wildman–Crippen LogP) is 0.767. The number of amides is 2. The van der Waals surface area contributed by atoms with Crippen molar-refractivity contribution in [2.75, 3.05) is 39.3 Å². The quantitative estimate of drug-likeness (QED) is 0.444. The fourth-order valence-corrected chi connectivity index (χ4v) is 2.76. The van der Waals surface area contributed by atoms with E-state index in [0.29, 0.717) is 32.7 Å². The second-order valence-electron chi connectivity index (χ2n) is 5.56. The Labute approximate surface area is 121 Å². The van der Waals surface area contributed by atoms with Crippen molar-refractivity contribution in [2.45, 2.75) is 32.1 Å². The molecule has 1 N–H and O–H groups in total. The highest BCUT2D eigenvalue weighted by molar-refractivity contribution is 5.78. The number of piperazine rings is 1. The molecule has 2 aliphatic rings. The smallest absolute Gasteiger partial charge is 0.236 e. The van der Waals surface area contributed by atoms with Gasteiger partial charge in [-0.2, -0.15) is 0 Å². The van der Waals surface area contributed by atoms with Crippen LogP contribution in [0.4, 0.5) is 0 Å². The Balaban J connectivity index is 1.58. The summed E-state index contributed by atoms with van der Waals surface area (Å²) < 4.78 is 0. The number of carbonyl (C=O) groups is 2. The molecule has 0 radical (unpaired) electrons. The molecule has 1 aliphatic carbocycles. The van der Waals surface area contributed by atoms with E-state index in [0.717, 1.165) is 19.4 Å². The molecule has 1 aliphatic heterocycles. The third kappa shape index (κ3) is 4.63. The van der Waals surface area contributed by atoms with Gasteiger partial charge >= 0.3 is 0 Å². The first-order valence-corrected chi connectivity index (χ1v) is 7.65. The van der Waals surface area contributed by atoms with E-state index in [4.69, 9.17) is 0 Å². The second-order valence-corrected chi connectivity index (χ2v) is 5.56. The van der Waals surface area contributed by atoms with Crippen molar-refractivity contribution in [2.24, 2.45) is 0 Å². The van der Waals surface area contributed by atoms with Crippen LogP contribution in [0.3, 0.4) is 0 Å². The summed E-state index contributed by atoms with van der Waals surface area (Å²) in [5.41, 5.74) is 1.54. The third-order valence-corrected chi connectivity index (χ3v) is 4.10. The molecular formula is C15H25N3O2. The van der Waals surface area contributed by atoms with Crippen LogP contribution in [0.15, 0.2) is 11.6 Å². The molecule has 5 nitrogen and oxygen atoms in total. The van der Waals surface area contributed by atoms with Gasteiger partial charge in [0.2, 0.25) is 12.3 Å². The molecule has 20 heavy (non-hydrogen) atoms. The molecule has 0 saturated carbocycles. The van der Waals surface area contributed by atoms with Gasteiger partial charge in [0.15, 0.2) is 0 Å². The lowest BCUT2D eigenvalue weighted by molar-refractivity contribution is -0.134. The lowest BCUT2D eigenvalue weighted by Gasteiger charge is -2.32. The van der Waals surface area contributed by atoms with Crippen LogP contribution in [-0.2, 0) is 9.59 Å². The molecule has 0 aromatic heterocycles. The summed E-state index contributed by atoms with van der Waals surface area (Å²) in [7, 11) is 0. The molecule has 1 fully saturated rings. The maximum Gasteiger partial charge on any atom is 0.236 e. The fraction of sp³-hybridized carbons (Fsp3) is 0.733. The Morgan fingerprint density at radius 2 is 2.05 bits per heavy atom. The number of allylic oxidation sites excluding steroid dienone is 1. The van der Waals surface area contributed by atoms with Crippen molar-refractivity contribution in [3.05, 3.63) is 11.6 Å². The molecule has 0 atom stereocenters. The van der Waals surface area contributed by atoms with Crippen LogP contribution in [0.1, 0.15) is 32.1 Å². The average molecular weight is 279 g/mol. The third-order valence-electron chi connectivity index (χ3n) is 4.10. The number of nitrogens with zero attached hydrogens (tertiary/aromatic N) is 2. The van der Waals surface area contributed by atoms with E-state index < -0.39 is 0 Å². The van der Waals surface area contributed by atoms with E-state index >= 15 is 0 Å². The molecule has 0 spiro atoms. The largest absolute Gasteiger partial charge is 0.342 e. The van der Waals surface area contributed by atoms with Crippen molar-refractivity contribution in [3.8, 4) is 0 Å². The summed E-state index contributed by atoms with van der Waals surface area (Å²) in [4.78, 5) is 26.1. The topological polar surface area (TPSA) is 52.7 Å². The number of nitrogens with one attached hydrogen (secondary N) is 1. The lowest BCUT2D eigenvalue weighted by Crippen LogP contribution is -2.50. The van der Waals surface area contributed by atoms with Crippen molar-refractivity contribution >= 4 is 12.3 Å².